The maximum atomic E-state index is 11.7. The number of amides is 1. The summed E-state index contributed by atoms with van der Waals surface area (Å²) < 4.78 is 6.58. The molecular formula is C12H15N3O3. The van der Waals surface area contributed by atoms with Gasteiger partial charge in [-0.3, -0.25) is 9.36 Å². The van der Waals surface area contributed by atoms with E-state index in [1.165, 1.54) is 4.57 Å². The summed E-state index contributed by atoms with van der Waals surface area (Å²) in [6.45, 7) is 0.433. The third-order valence-electron chi connectivity index (χ3n) is 2.76. The summed E-state index contributed by atoms with van der Waals surface area (Å²) in [5.41, 5.74) is 7.42. The van der Waals surface area contributed by atoms with Gasteiger partial charge < -0.3 is 15.5 Å². The molecule has 0 aliphatic carbocycles. The van der Waals surface area contributed by atoms with Crippen molar-refractivity contribution >= 4 is 22.7 Å². The lowest BCUT2D eigenvalue weighted by molar-refractivity contribution is -0.120. The lowest BCUT2D eigenvalue weighted by Crippen LogP contribution is -2.19. The second-order valence-electron chi connectivity index (χ2n) is 4.02. The second kappa shape index (κ2) is 4.95. The minimum atomic E-state index is -0.424. The molecule has 0 radical (unpaired) electrons. The van der Waals surface area contributed by atoms with E-state index in [1.807, 2.05) is 0 Å². The summed E-state index contributed by atoms with van der Waals surface area (Å²) in [5.74, 6) is -0.470. The number of carbonyl (C=O) groups excluding carboxylic acids is 1. The number of nitrogen functional groups attached to an aromatic ring is 1. The number of nitrogens with zero attached hydrogens (tertiary/aromatic N) is 1. The molecule has 0 atom stereocenters. The van der Waals surface area contributed by atoms with Crippen LogP contribution in [-0.4, -0.2) is 17.5 Å². The van der Waals surface area contributed by atoms with Crippen molar-refractivity contribution in [1.82, 2.24) is 9.88 Å². The summed E-state index contributed by atoms with van der Waals surface area (Å²) in [7, 11) is 1.59. The van der Waals surface area contributed by atoms with Gasteiger partial charge in [0.15, 0.2) is 5.58 Å². The summed E-state index contributed by atoms with van der Waals surface area (Å²) in [4.78, 5) is 22.8. The zero-order valence-corrected chi connectivity index (χ0v) is 10.1. The minimum absolute atomic E-state index is 0.0460. The Morgan fingerprint density at radius 3 is 3.00 bits per heavy atom. The Labute approximate surface area is 103 Å². The molecule has 0 fully saturated rings. The molecule has 1 amide bonds. The third kappa shape index (κ3) is 2.37. The standard InChI is InChI=1S/C12H15N3O3/c1-14-11(16)3-2-6-15-9-7-8(13)4-5-10(9)18-12(15)17/h4-5,7H,2-3,6,13H2,1H3,(H,14,16). The first-order valence-electron chi connectivity index (χ1n) is 5.71. The molecule has 6 heteroatoms. The number of anilines is 1. The van der Waals surface area contributed by atoms with Crippen LogP contribution in [0.2, 0.25) is 0 Å². The van der Waals surface area contributed by atoms with Crippen LogP contribution < -0.4 is 16.8 Å². The SMILES string of the molecule is CNC(=O)CCCn1c(=O)oc2ccc(N)cc21. The molecule has 0 unspecified atom stereocenters. The maximum absolute atomic E-state index is 11.7. The number of carbonyl (C=O) groups is 1. The molecule has 0 saturated carbocycles. The Morgan fingerprint density at radius 1 is 1.50 bits per heavy atom. The summed E-state index contributed by atoms with van der Waals surface area (Å²) >= 11 is 0. The second-order valence-corrected chi connectivity index (χ2v) is 4.02. The quantitative estimate of drug-likeness (QED) is 0.780. The van der Waals surface area contributed by atoms with Crippen molar-refractivity contribution in [1.29, 1.82) is 0 Å². The van der Waals surface area contributed by atoms with Crippen LogP contribution in [0.15, 0.2) is 27.4 Å². The van der Waals surface area contributed by atoms with Crippen LogP contribution in [0.1, 0.15) is 12.8 Å². The highest BCUT2D eigenvalue weighted by Crippen LogP contribution is 2.16. The van der Waals surface area contributed by atoms with E-state index < -0.39 is 5.76 Å². The van der Waals surface area contributed by atoms with Gasteiger partial charge in [-0.25, -0.2) is 4.79 Å². The number of benzene rings is 1. The summed E-state index contributed by atoms with van der Waals surface area (Å²) in [6.07, 6.45) is 0.945. The molecule has 1 aromatic carbocycles. The molecule has 0 saturated heterocycles. The van der Waals surface area contributed by atoms with Crippen molar-refractivity contribution in [2.45, 2.75) is 19.4 Å². The number of rotatable bonds is 4. The average Bonchev–Trinajstić information content (AvgIpc) is 2.65. The molecule has 1 heterocycles. The normalized spacial score (nSPS) is 10.7. The molecule has 6 nitrogen and oxygen atoms in total. The Kier molecular flexibility index (Phi) is 3.36. The highest BCUT2D eigenvalue weighted by Gasteiger charge is 2.09. The van der Waals surface area contributed by atoms with Crippen LogP contribution >= 0.6 is 0 Å². The Hall–Kier alpha value is -2.24. The monoisotopic (exact) mass is 249 g/mol. The third-order valence-corrected chi connectivity index (χ3v) is 2.76. The van der Waals surface area contributed by atoms with Crippen LogP contribution in [0.25, 0.3) is 11.1 Å². The molecule has 3 N–H and O–H groups in total. The van der Waals surface area contributed by atoms with Crippen LogP contribution in [0, 0.1) is 0 Å². The van der Waals surface area contributed by atoms with Gasteiger partial charge in [0.1, 0.15) is 0 Å². The number of nitrogens with two attached hydrogens (primary N) is 1. The Bertz CT molecular complexity index is 627. The van der Waals surface area contributed by atoms with Crippen molar-refractivity contribution in [3.05, 3.63) is 28.7 Å². The summed E-state index contributed by atoms with van der Waals surface area (Å²) in [6, 6.07) is 5.04. The molecule has 18 heavy (non-hydrogen) atoms. The van der Waals surface area contributed by atoms with E-state index in [9.17, 15) is 9.59 Å². The number of hydrogen-bond acceptors (Lipinski definition) is 4. The lowest BCUT2D eigenvalue weighted by Gasteiger charge is -2.02. The van der Waals surface area contributed by atoms with Crippen LogP contribution in [0.3, 0.4) is 0 Å². The molecule has 2 rings (SSSR count). The predicted molar refractivity (Wildman–Crippen MR) is 68.2 cm³/mol. The van der Waals surface area contributed by atoms with Gasteiger partial charge in [-0.05, 0) is 24.6 Å². The molecule has 2 aromatic rings. The first kappa shape index (κ1) is 12.2. The number of aromatic nitrogens is 1. The first-order chi connectivity index (χ1) is 8.61. The van der Waals surface area contributed by atoms with E-state index in [2.05, 4.69) is 5.32 Å². The molecule has 96 valence electrons. The summed E-state index contributed by atoms with van der Waals surface area (Å²) in [5, 5.41) is 2.54. The van der Waals surface area contributed by atoms with Gasteiger partial charge in [0, 0.05) is 25.7 Å². The predicted octanol–water partition coefficient (Wildman–Crippen LogP) is 0.703. The lowest BCUT2D eigenvalue weighted by atomic mass is 10.2. The van der Waals surface area contributed by atoms with Crippen molar-refractivity contribution in [3.8, 4) is 0 Å². The molecule has 0 bridgehead atoms. The number of fused-ring (bicyclic) bond motifs is 1. The highest BCUT2D eigenvalue weighted by molar-refractivity contribution is 5.77. The number of hydrogen-bond donors (Lipinski definition) is 2. The van der Waals surface area contributed by atoms with Gasteiger partial charge in [-0.2, -0.15) is 0 Å². The minimum Gasteiger partial charge on any atom is -0.408 e. The van der Waals surface area contributed by atoms with E-state index >= 15 is 0 Å². The van der Waals surface area contributed by atoms with Gasteiger partial charge in [0.2, 0.25) is 5.91 Å². The van der Waals surface area contributed by atoms with Gasteiger partial charge >= 0.3 is 5.76 Å². The fourth-order valence-corrected chi connectivity index (χ4v) is 1.81. The maximum Gasteiger partial charge on any atom is 0.419 e. The van der Waals surface area contributed by atoms with Gasteiger partial charge in [-0.15, -0.1) is 0 Å². The average molecular weight is 249 g/mol. The Morgan fingerprint density at radius 2 is 2.28 bits per heavy atom. The van der Waals surface area contributed by atoms with Crippen LogP contribution in [0.4, 0.5) is 5.69 Å². The van der Waals surface area contributed by atoms with Crippen molar-refractivity contribution in [2.75, 3.05) is 12.8 Å². The first-order valence-corrected chi connectivity index (χ1v) is 5.71. The molecule has 0 aliphatic heterocycles. The van der Waals surface area contributed by atoms with E-state index in [4.69, 9.17) is 10.2 Å². The molecule has 1 aromatic heterocycles. The van der Waals surface area contributed by atoms with E-state index in [0.29, 0.717) is 36.2 Å². The largest absolute Gasteiger partial charge is 0.419 e. The molecule has 0 aliphatic rings. The van der Waals surface area contributed by atoms with Gasteiger partial charge in [0.05, 0.1) is 5.52 Å². The number of nitrogens with one attached hydrogen (secondary N) is 1. The van der Waals surface area contributed by atoms with Gasteiger partial charge in [-0.1, -0.05) is 0 Å². The number of oxazole rings is 1. The number of aryl methyl sites for hydroxylation is 1. The van der Waals surface area contributed by atoms with Crippen LogP contribution in [-0.2, 0) is 11.3 Å². The van der Waals surface area contributed by atoms with E-state index in [1.54, 1.807) is 25.2 Å². The molecular weight excluding hydrogens is 234 g/mol. The zero-order chi connectivity index (χ0) is 13.1. The van der Waals surface area contributed by atoms with E-state index in [0.717, 1.165) is 0 Å². The van der Waals surface area contributed by atoms with Crippen molar-refractivity contribution < 1.29 is 9.21 Å². The molecule has 0 spiro atoms. The van der Waals surface area contributed by atoms with Crippen molar-refractivity contribution in [2.24, 2.45) is 0 Å². The van der Waals surface area contributed by atoms with Gasteiger partial charge in [0.25, 0.3) is 0 Å². The van der Waals surface area contributed by atoms with E-state index in [-0.39, 0.29) is 5.91 Å². The van der Waals surface area contributed by atoms with Crippen LogP contribution in [0.5, 0.6) is 0 Å². The fraction of sp³-hybridized carbons (Fsp3) is 0.333. The Balaban J connectivity index is 2.22. The smallest absolute Gasteiger partial charge is 0.408 e. The highest BCUT2D eigenvalue weighted by atomic mass is 16.4. The fourth-order valence-electron chi connectivity index (χ4n) is 1.81. The zero-order valence-electron chi connectivity index (χ0n) is 10.1. The topological polar surface area (TPSA) is 90.3 Å². The van der Waals surface area contributed by atoms with Crippen molar-refractivity contribution in [3.63, 3.8) is 0 Å².